The molecule has 2 nitrogen and oxygen atoms in total. The number of halogens is 1. The van der Waals surface area contributed by atoms with Gasteiger partial charge in [0.2, 0.25) is 5.95 Å². The molecule has 2 rings (SSSR count). The SMILES string of the molecule is CC.CCc1ccc(-c2ccco2)nc1F. The van der Waals surface area contributed by atoms with Gasteiger partial charge in [-0.05, 0) is 24.6 Å². The van der Waals surface area contributed by atoms with Crippen molar-refractivity contribution in [3.63, 3.8) is 0 Å². The molecule has 3 heteroatoms. The maximum absolute atomic E-state index is 13.3. The summed E-state index contributed by atoms with van der Waals surface area (Å²) in [5.74, 6) is 0.174. The number of aromatic nitrogens is 1. The van der Waals surface area contributed by atoms with Crippen LogP contribution in [0.25, 0.3) is 11.5 Å². The third kappa shape index (κ3) is 2.69. The summed E-state index contributed by atoms with van der Waals surface area (Å²) in [5, 5.41) is 0. The smallest absolute Gasteiger partial charge is 0.216 e. The normalized spacial score (nSPS) is 9.50. The zero-order valence-electron chi connectivity index (χ0n) is 9.83. The lowest BCUT2D eigenvalue weighted by Crippen LogP contribution is -1.93. The largest absolute Gasteiger partial charge is 0.463 e. The molecule has 0 fully saturated rings. The number of nitrogens with zero attached hydrogens (tertiary/aromatic N) is 1. The van der Waals surface area contributed by atoms with E-state index in [2.05, 4.69) is 4.98 Å². The standard InChI is InChI=1S/C11H10FNO.C2H6/c1-2-8-5-6-9(13-11(8)12)10-4-3-7-14-10;1-2/h3-7H,2H2,1H3;1-2H3. The Kier molecular flexibility index (Phi) is 4.70. The van der Waals surface area contributed by atoms with Crippen molar-refractivity contribution in [3.05, 3.63) is 42.0 Å². The van der Waals surface area contributed by atoms with Gasteiger partial charge in [-0.2, -0.15) is 4.39 Å². The Morgan fingerprint density at radius 3 is 2.50 bits per heavy atom. The summed E-state index contributed by atoms with van der Waals surface area (Å²) >= 11 is 0. The molecule has 0 unspecified atom stereocenters. The number of aryl methyl sites for hydroxylation is 1. The van der Waals surface area contributed by atoms with Crippen molar-refractivity contribution in [2.75, 3.05) is 0 Å². The second-order valence-electron chi connectivity index (χ2n) is 2.98. The number of hydrogen-bond acceptors (Lipinski definition) is 2. The lowest BCUT2D eigenvalue weighted by Gasteiger charge is -2.00. The van der Waals surface area contributed by atoms with Crippen LogP contribution in [0.3, 0.4) is 0 Å². The van der Waals surface area contributed by atoms with Gasteiger partial charge in [0.05, 0.1) is 6.26 Å². The molecule has 16 heavy (non-hydrogen) atoms. The Morgan fingerprint density at radius 2 is 2.00 bits per heavy atom. The highest BCUT2D eigenvalue weighted by Gasteiger charge is 2.06. The molecule has 0 aliphatic rings. The van der Waals surface area contributed by atoms with Gasteiger partial charge >= 0.3 is 0 Å². The van der Waals surface area contributed by atoms with Gasteiger partial charge in [0.25, 0.3) is 0 Å². The summed E-state index contributed by atoms with van der Waals surface area (Å²) in [6.07, 6.45) is 2.19. The van der Waals surface area contributed by atoms with Crippen LogP contribution in [0.4, 0.5) is 4.39 Å². The topological polar surface area (TPSA) is 26.0 Å². The van der Waals surface area contributed by atoms with E-state index in [1.165, 1.54) is 0 Å². The van der Waals surface area contributed by atoms with Gasteiger partial charge in [0.15, 0.2) is 5.76 Å². The predicted octanol–water partition coefficient (Wildman–Crippen LogP) is 4.07. The molecule has 2 aromatic rings. The Morgan fingerprint density at radius 1 is 1.25 bits per heavy atom. The summed E-state index contributed by atoms with van der Waals surface area (Å²) < 4.78 is 18.4. The van der Waals surface area contributed by atoms with Crippen LogP contribution >= 0.6 is 0 Å². The quantitative estimate of drug-likeness (QED) is 0.714. The molecule has 0 saturated heterocycles. The highest BCUT2D eigenvalue weighted by Crippen LogP contribution is 2.18. The summed E-state index contributed by atoms with van der Waals surface area (Å²) in [5.41, 5.74) is 1.16. The van der Waals surface area contributed by atoms with Gasteiger partial charge < -0.3 is 4.42 Å². The molecular weight excluding hydrogens is 205 g/mol. The lowest BCUT2D eigenvalue weighted by atomic mass is 10.2. The minimum atomic E-state index is -0.415. The molecule has 0 aromatic carbocycles. The van der Waals surface area contributed by atoms with Gasteiger partial charge in [-0.1, -0.05) is 26.8 Å². The van der Waals surface area contributed by atoms with E-state index in [4.69, 9.17) is 4.42 Å². The van der Waals surface area contributed by atoms with Crippen molar-refractivity contribution in [1.82, 2.24) is 4.98 Å². The van der Waals surface area contributed by atoms with Crippen molar-refractivity contribution in [1.29, 1.82) is 0 Å². The van der Waals surface area contributed by atoms with Gasteiger partial charge in [-0.15, -0.1) is 0 Å². The van der Waals surface area contributed by atoms with Crippen LogP contribution in [0.2, 0.25) is 0 Å². The summed E-state index contributed by atoms with van der Waals surface area (Å²) in [6.45, 7) is 5.90. The van der Waals surface area contributed by atoms with Crippen molar-refractivity contribution in [2.45, 2.75) is 27.2 Å². The lowest BCUT2D eigenvalue weighted by molar-refractivity contribution is 0.555. The van der Waals surface area contributed by atoms with E-state index in [1.807, 2.05) is 20.8 Å². The van der Waals surface area contributed by atoms with E-state index < -0.39 is 5.95 Å². The van der Waals surface area contributed by atoms with Crippen molar-refractivity contribution < 1.29 is 8.81 Å². The van der Waals surface area contributed by atoms with E-state index in [9.17, 15) is 4.39 Å². The molecule has 0 bridgehead atoms. The fourth-order valence-corrected chi connectivity index (χ4v) is 1.29. The minimum Gasteiger partial charge on any atom is -0.463 e. The molecule has 86 valence electrons. The van der Waals surface area contributed by atoms with E-state index in [1.54, 1.807) is 30.5 Å². The molecule has 0 saturated carbocycles. The fraction of sp³-hybridized carbons (Fsp3) is 0.308. The molecule has 0 atom stereocenters. The molecular formula is C13H16FNO. The zero-order valence-corrected chi connectivity index (χ0v) is 9.83. The van der Waals surface area contributed by atoms with Crippen molar-refractivity contribution in [3.8, 4) is 11.5 Å². The molecule has 2 aromatic heterocycles. The third-order valence-corrected chi connectivity index (χ3v) is 2.08. The van der Waals surface area contributed by atoms with Gasteiger partial charge in [-0.3, -0.25) is 0 Å². The van der Waals surface area contributed by atoms with Gasteiger partial charge in [0, 0.05) is 5.56 Å². The predicted molar refractivity (Wildman–Crippen MR) is 62.6 cm³/mol. The minimum absolute atomic E-state index is 0.415. The highest BCUT2D eigenvalue weighted by molar-refractivity contribution is 5.51. The number of rotatable bonds is 2. The van der Waals surface area contributed by atoms with Gasteiger partial charge in [0.1, 0.15) is 5.69 Å². The zero-order chi connectivity index (χ0) is 12.0. The second-order valence-corrected chi connectivity index (χ2v) is 2.98. The Bertz CT molecular complexity index is 424. The number of pyridine rings is 1. The Labute approximate surface area is 95.1 Å². The second kappa shape index (κ2) is 6.05. The molecule has 2 heterocycles. The molecule has 0 amide bonds. The average Bonchev–Trinajstić information content (AvgIpc) is 2.85. The van der Waals surface area contributed by atoms with Crippen LogP contribution in [-0.2, 0) is 6.42 Å². The third-order valence-electron chi connectivity index (χ3n) is 2.08. The van der Waals surface area contributed by atoms with Crippen LogP contribution in [0, 0.1) is 5.95 Å². The molecule has 0 radical (unpaired) electrons. The van der Waals surface area contributed by atoms with Crippen LogP contribution < -0.4 is 0 Å². The van der Waals surface area contributed by atoms with E-state index >= 15 is 0 Å². The monoisotopic (exact) mass is 221 g/mol. The average molecular weight is 221 g/mol. The van der Waals surface area contributed by atoms with E-state index in [-0.39, 0.29) is 0 Å². The van der Waals surface area contributed by atoms with Crippen molar-refractivity contribution >= 4 is 0 Å². The first kappa shape index (κ1) is 12.4. The summed E-state index contributed by atoms with van der Waals surface area (Å²) in [4.78, 5) is 3.83. The summed E-state index contributed by atoms with van der Waals surface area (Å²) in [7, 11) is 0. The van der Waals surface area contributed by atoms with E-state index in [0.29, 0.717) is 23.4 Å². The first-order valence-electron chi connectivity index (χ1n) is 5.50. The maximum Gasteiger partial charge on any atom is 0.216 e. The summed E-state index contributed by atoms with van der Waals surface area (Å²) in [6, 6.07) is 7.01. The first-order valence-corrected chi connectivity index (χ1v) is 5.50. The van der Waals surface area contributed by atoms with Crippen molar-refractivity contribution in [2.24, 2.45) is 0 Å². The maximum atomic E-state index is 13.3. The van der Waals surface area contributed by atoms with E-state index in [0.717, 1.165) is 0 Å². The van der Waals surface area contributed by atoms with Crippen LogP contribution in [0.5, 0.6) is 0 Å². The number of furan rings is 1. The fourth-order valence-electron chi connectivity index (χ4n) is 1.29. The number of hydrogen-bond donors (Lipinski definition) is 0. The molecule has 0 spiro atoms. The molecule has 0 N–H and O–H groups in total. The molecule has 0 aliphatic heterocycles. The highest BCUT2D eigenvalue weighted by atomic mass is 19.1. The van der Waals surface area contributed by atoms with Crippen LogP contribution in [0.15, 0.2) is 34.9 Å². The molecule has 0 aliphatic carbocycles. The Hall–Kier alpha value is -1.64. The first-order chi connectivity index (χ1) is 7.81. The van der Waals surface area contributed by atoms with Crippen LogP contribution in [0.1, 0.15) is 26.3 Å². The van der Waals surface area contributed by atoms with Gasteiger partial charge in [-0.25, -0.2) is 4.98 Å². The van der Waals surface area contributed by atoms with Crippen LogP contribution in [-0.4, -0.2) is 4.98 Å². The Balaban J connectivity index is 0.000000606.